The third-order valence-electron chi connectivity index (χ3n) is 5.18. The normalized spacial score (nSPS) is 16.5. The number of nitrogens with one attached hydrogen (secondary N) is 1. The predicted molar refractivity (Wildman–Crippen MR) is 106 cm³/mol. The van der Waals surface area contributed by atoms with Gasteiger partial charge in [0.1, 0.15) is 0 Å². The van der Waals surface area contributed by atoms with Crippen molar-refractivity contribution in [1.82, 2.24) is 9.62 Å². The van der Waals surface area contributed by atoms with Crippen LogP contribution in [0, 0.1) is 0 Å². The van der Waals surface area contributed by atoms with Gasteiger partial charge in [-0.2, -0.15) is 0 Å². The smallest absolute Gasteiger partial charge is 0.230 e. The Balaban J connectivity index is 1.91. The highest BCUT2D eigenvalue weighted by atomic mass is 32.2. The lowest BCUT2D eigenvalue weighted by atomic mass is 9.85. The first-order chi connectivity index (χ1) is 12.0. The lowest BCUT2D eigenvalue weighted by Crippen LogP contribution is -2.37. The van der Waals surface area contributed by atoms with Crippen molar-refractivity contribution in [2.24, 2.45) is 0 Å². The minimum atomic E-state index is -3.17. The molecule has 5 nitrogen and oxygen atoms in total. The minimum absolute atomic E-state index is 0.0587. The van der Waals surface area contributed by atoms with Crippen LogP contribution in [-0.4, -0.2) is 44.5 Å². The van der Waals surface area contributed by atoms with E-state index in [1.807, 2.05) is 6.92 Å². The molecule has 1 aliphatic rings. The lowest BCUT2D eigenvalue weighted by Gasteiger charge is -2.21. The van der Waals surface area contributed by atoms with Gasteiger partial charge < -0.3 is 5.32 Å². The molecule has 0 bridgehead atoms. The third-order valence-corrected chi connectivity index (χ3v) is 6.56. The molecule has 146 valence electrons. The van der Waals surface area contributed by atoms with Crippen molar-refractivity contribution < 1.29 is 13.2 Å². The summed E-state index contributed by atoms with van der Waals surface area (Å²) in [6, 6.07) is 8.40. The molecule has 0 aromatic heterocycles. The molecule has 0 saturated heterocycles. The zero-order chi connectivity index (χ0) is 19.6. The molecule has 0 atom stereocenters. The van der Waals surface area contributed by atoms with E-state index >= 15 is 0 Å². The Morgan fingerprint density at radius 1 is 1.19 bits per heavy atom. The quantitative estimate of drug-likeness (QED) is 0.705. The summed E-state index contributed by atoms with van der Waals surface area (Å²) >= 11 is 0. The number of benzene rings is 1. The van der Waals surface area contributed by atoms with Gasteiger partial charge in [0.15, 0.2) is 0 Å². The average Bonchev–Trinajstić information content (AvgIpc) is 3.34. The van der Waals surface area contributed by atoms with Crippen LogP contribution in [0.1, 0.15) is 58.1 Å². The maximum absolute atomic E-state index is 12.7. The van der Waals surface area contributed by atoms with E-state index in [2.05, 4.69) is 50.4 Å². The molecule has 26 heavy (non-hydrogen) atoms. The molecule has 0 heterocycles. The van der Waals surface area contributed by atoms with Crippen LogP contribution in [-0.2, 0) is 25.6 Å². The lowest BCUT2D eigenvalue weighted by molar-refractivity contribution is -0.123. The van der Waals surface area contributed by atoms with E-state index in [-0.39, 0.29) is 11.3 Å². The second-order valence-corrected chi connectivity index (χ2v) is 10.3. The van der Waals surface area contributed by atoms with E-state index in [4.69, 9.17) is 0 Å². The van der Waals surface area contributed by atoms with Gasteiger partial charge in [0.25, 0.3) is 0 Å². The van der Waals surface area contributed by atoms with Crippen molar-refractivity contribution in [2.45, 2.75) is 57.8 Å². The monoisotopic (exact) mass is 380 g/mol. The number of sulfonamides is 1. The Labute approximate surface area is 158 Å². The van der Waals surface area contributed by atoms with Gasteiger partial charge in [-0.05, 0) is 35.8 Å². The first-order valence-electron chi connectivity index (χ1n) is 9.35. The van der Waals surface area contributed by atoms with Crippen LogP contribution in [0.25, 0.3) is 0 Å². The number of nitrogens with zero attached hydrogens (tertiary/aromatic N) is 1. The first kappa shape index (κ1) is 20.9. The van der Waals surface area contributed by atoms with E-state index < -0.39 is 15.4 Å². The molecule has 2 rings (SSSR count). The molecule has 6 heteroatoms. The molecule has 0 aliphatic heterocycles. The molecular weight excluding hydrogens is 348 g/mol. The highest BCUT2D eigenvalue weighted by molar-refractivity contribution is 7.88. The van der Waals surface area contributed by atoms with Gasteiger partial charge in [0, 0.05) is 19.6 Å². The molecule has 0 radical (unpaired) electrons. The molecule has 0 spiro atoms. The second kappa shape index (κ2) is 7.69. The molecule has 1 aromatic rings. The van der Waals surface area contributed by atoms with Gasteiger partial charge in [-0.25, -0.2) is 12.7 Å². The van der Waals surface area contributed by atoms with Gasteiger partial charge in [-0.3, -0.25) is 4.79 Å². The molecular formula is C20H32N2O3S. The van der Waals surface area contributed by atoms with E-state index in [1.165, 1.54) is 16.1 Å². The number of hydrogen-bond donors (Lipinski definition) is 1. The maximum Gasteiger partial charge on any atom is 0.230 e. The first-order valence-corrected chi connectivity index (χ1v) is 11.2. The fourth-order valence-electron chi connectivity index (χ4n) is 3.25. The van der Waals surface area contributed by atoms with E-state index in [0.717, 1.165) is 18.4 Å². The molecule has 1 fully saturated rings. The summed E-state index contributed by atoms with van der Waals surface area (Å²) in [7, 11) is -3.17. The van der Waals surface area contributed by atoms with Gasteiger partial charge >= 0.3 is 0 Å². The Hall–Kier alpha value is -1.40. The van der Waals surface area contributed by atoms with E-state index in [0.29, 0.717) is 26.1 Å². The number of carbonyl (C=O) groups is 1. The summed E-state index contributed by atoms with van der Waals surface area (Å²) in [4.78, 5) is 12.7. The Morgan fingerprint density at radius 2 is 1.77 bits per heavy atom. The second-order valence-electron chi connectivity index (χ2n) is 8.27. The summed E-state index contributed by atoms with van der Waals surface area (Å²) < 4.78 is 24.6. The zero-order valence-electron chi connectivity index (χ0n) is 16.6. The van der Waals surface area contributed by atoms with Crippen LogP contribution < -0.4 is 5.32 Å². The SMILES string of the molecule is CCN(CCCNC(=O)C1(c2ccc(C(C)(C)C)cc2)CC1)S(C)(=O)=O. The van der Waals surface area contributed by atoms with Crippen molar-refractivity contribution in [1.29, 1.82) is 0 Å². The summed E-state index contributed by atoms with van der Waals surface area (Å²) in [5.74, 6) is 0.0587. The van der Waals surface area contributed by atoms with Crippen molar-refractivity contribution in [3.63, 3.8) is 0 Å². The summed E-state index contributed by atoms with van der Waals surface area (Å²) in [6.45, 7) is 9.74. The van der Waals surface area contributed by atoms with Gasteiger partial charge in [0.2, 0.25) is 15.9 Å². The summed E-state index contributed by atoms with van der Waals surface area (Å²) in [6.07, 6.45) is 3.58. The maximum atomic E-state index is 12.7. The predicted octanol–water partition coefficient (Wildman–Crippen LogP) is 2.80. The number of carbonyl (C=O) groups excluding carboxylic acids is 1. The van der Waals surface area contributed by atoms with E-state index in [9.17, 15) is 13.2 Å². The fourth-order valence-corrected chi connectivity index (χ4v) is 4.18. The summed E-state index contributed by atoms with van der Waals surface area (Å²) in [5.41, 5.74) is 2.05. The largest absolute Gasteiger partial charge is 0.355 e. The van der Waals surface area contributed by atoms with Crippen LogP contribution in [0.4, 0.5) is 0 Å². The number of hydrogen-bond acceptors (Lipinski definition) is 3. The number of rotatable bonds is 8. The van der Waals surface area contributed by atoms with Crippen molar-refractivity contribution >= 4 is 15.9 Å². The van der Waals surface area contributed by atoms with Crippen LogP contribution in [0.2, 0.25) is 0 Å². The van der Waals surface area contributed by atoms with Crippen LogP contribution in [0.3, 0.4) is 0 Å². The molecule has 1 aromatic carbocycles. The van der Waals surface area contributed by atoms with Crippen molar-refractivity contribution in [3.8, 4) is 0 Å². The standard InChI is InChI=1S/C20H32N2O3S/c1-6-22(26(5,24)25)15-7-14-21-18(23)20(12-13-20)17-10-8-16(9-11-17)19(2,3)4/h8-11H,6-7,12-15H2,1-5H3,(H,21,23). The highest BCUT2D eigenvalue weighted by Gasteiger charge is 2.51. The Morgan fingerprint density at radius 3 is 2.19 bits per heavy atom. The fraction of sp³-hybridized carbons (Fsp3) is 0.650. The van der Waals surface area contributed by atoms with Crippen molar-refractivity contribution in [3.05, 3.63) is 35.4 Å². The Bertz CT molecular complexity index is 729. The van der Waals surface area contributed by atoms with Crippen LogP contribution in [0.15, 0.2) is 24.3 Å². The number of amides is 1. The molecule has 1 N–H and O–H groups in total. The molecule has 1 aliphatic carbocycles. The van der Waals surface area contributed by atoms with Crippen LogP contribution >= 0.6 is 0 Å². The molecule has 1 amide bonds. The average molecular weight is 381 g/mol. The molecule has 1 saturated carbocycles. The van der Waals surface area contributed by atoms with Gasteiger partial charge in [-0.1, -0.05) is 52.0 Å². The minimum Gasteiger partial charge on any atom is -0.355 e. The van der Waals surface area contributed by atoms with Gasteiger partial charge in [0.05, 0.1) is 11.7 Å². The van der Waals surface area contributed by atoms with Crippen LogP contribution in [0.5, 0.6) is 0 Å². The van der Waals surface area contributed by atoms with Crippen molar-refractivity contribution in [2.75, 3.05) is 25.9 Å². The summed E-state index contributed by atoms with van der Waals surface area (Å²) in [5, 5.41) is 3.00. The Kier molecular flexibility index (Phi) is 6.18. The highest BCUT2D eigenvalue weighted by Crippen LogP contribution is 2.48. The zero-order valence-corrected chi connectivity index (χ0v) is 17.4. The molecule has 0 unspecified atom stereocenters. The topological polar surface area (TPSA) is 66.5 Å². The van der Waals surface area contributed by atoms with E-state index in [1.54, 1.807) is 0 Å². The van der Waals surface area contributed by atoms with Gasteiger partial charge in [-0.15, -0.1) is 0 Å². The third kappa shape index (κ3) is 4.86.